The second kappa shape index (κ2) is 12.8. The molecule has 2 aromatic carbocycles. The molecule has 0 aliphatic carbocycles. The number of rotatable bonds is 11. The molecule has 5 nitrogen and oxygen atoms in total. The van der Waals surface area contributed by atoms with Crippen LogP contribution < -0.4 is 10.1 Å². The number of hydrogen-bond donors (Lipinski definition) is 1. The molecule has 2 amide bonds. The van der Waals surface area contributed by atoms with Gasteiger partial charge in [0.2, 0.25) is 5.91 Å². The minimum absolute atomic E-state index is 0.0501. The van der Waals surface area contributed by atoms with Crippen molar-refractivity contribution in [1.29, 1.82) is 0 Å². The van der Waals surface area contributed by atoms with Crippen LogP contribution in [0.25, 0.3) is 0 Å². The Morgan fingerprint density at radius 3 is 2.36 bits per heavy atom. The second-order valence-electron chi connectivity index (χ2n) is 8.89. The summed E-state index contributed by atoms with van der Waals surface area (Å²) in [5.74, 6) is 0.661. The molecule has 0 aliphatic heterocycles. The van der Waals surface area contributed by atoms with Crippen molar-refractivity contribution in [2.75, 3.05) is 6.61 Å². The van der Waals surface area contributed by atoms with Crippen LogP contribution in [0.3, 0.4) is 0 Å². The molecule has 0 heterocycles. The van der Waals surface area contributed by atoms with Crippen LogP contribution >= 0.6 is 15.9 Å². The normalized spacial score (nSPS) is 12.8. The third-order valence-electron chi connectivity index (χ3n) is 5.80. The number of ether oxygens (including phenoxy) is 1. The van der Waals surface area contributed by atoms with E-state index in [1.807, 2.05) is 70.2 Å². The molecule has 2 rings (SSSR count). The van der Waals surface area contributed by atoms with Gasteiger partial charge in [-0.3, -0.25) is 9.59 Å². The summed E-state index contributed by atoms with van der Waals surface area (Å²) in [7, 11) is 0. The first-order valence-corrected chi connectivity index (χ1v) is 12.5. The summed E-state index contributed by atoms with van der Waals surface area (Å²) in [4.78, 5) is 28.0. The van der Waals surface area contributed by atoms with Gasteiger partial charge in [-0.05, 0) is 71.8 Å². The van der Waals surface area contributed by atoms with Gasteiger partial charge in [-0.25, -0.2) is 0 Å². The molecule has 0 spiro atoms. The minimum atomic E-state index is -0.567. The summed E-state index contributed by atoms with van der Waals surface area (Å²) < 4.78 is 6.70. The van der Waals surface area contributed by atoms with Gasteiger partial charge in [0.15, 0.2) is 6.61 Å². The number of benzene rings is 2. The van der Waals surface area contributed by atoms with E-state index in [0.29, 0.717) is 24.6 Å². The molecule has 180 valence electrons. The molecule has 33 heavy (non-hydrogen) atoms. The van der Waals surface area contributed by atoms with Crippen molar-refractivity contribution in [3.8, 4) is 5.75 Å². The Labute approximate surface area is 207 Å². The third kappa shape index (κ3) is 7.88. The van der Waals surface area contributed by atoms with Crippen LogP contribution in [0.2, 0.25) is 0 Å². The van der Waals surface area contributed by atoms with Gasteiger partial charge < -0.3 is 15.0 Å². The average Bonchev–Trinajstić information content (AvgIpc) is 2.77. The molecule has 0 aliphatic rings. The van der Waals surface area contributed by atoms with E-state index in [4.69, 9.17) is 4.74 Å². The fourth-order valence-electron chi connectivity index (χ4n) is 3.58. The van der Waals surface area contributed by atoms with E-state index in [-0.39, 0.29) is 24.5 Å². The lowest BCUT2D eigenvalue weighted by molar-refractivity contribution is -0.143. The van der Waals surface area contributed by atoms with Crippen LogP contribution in [0.1, 0.15) is 70.1 Å². The van der Waals surface area contributed by atoms with Crippen LogP contribution in [-0.2, 0) is 16.1 Å². The minimum Gasteiger partial charge on any atom is -0.483 e. The van der Waals surface area contributed by atoms with Gasteiger partial charge in [-0.15, -0.1) is 0 Å². The first kappa shape index (κ1) is 26.9. The monoisotopic (exact) mass is 516 g/mol. The Bertz CT molecular complexity index is 945. The molecular formula is C27H37BrN2O3. The van der Waals surface area contributed by atoms with Crippen molar-refractivity contribution < 1.29 is 14.3 Å². The van der Waals surface area contributed by atoms with Gasteiger partial charge >= 0.3 is 0 Å². The molecule has 2 aromatic rings. The number of aryl methyl sites for hydroxylation is 1. The second-order valence-corrected chi connectivity index (χ2v) is 9.74. The summed E-state index contributed by atoms with van der Waals surface area (Å²) in [5, 5.41) is 3.03. The summed E-state index contributed by atoms with van der Waals surface area (Å²) in [5.41, 5.74) is 3.29. The Morgan fingerprint density at radius 2 is 1.79 bits per heavy atom. The molecule has 2 atom stereocenters. The van der Waals surface area contributed by atoms with Crippen LogP contribution in [0, 0.1) is 6.92 Å². The first-order valence-electron chi connectivity index (χ1n) is 11.7. The van der Waals surface area contributed by atoms with Crippen LogP contribution in [-0.4, -0.2) is 35.4 Å². The molecule has 0 radical (unpaired) electrons. The van der Waals surface area contributed by atoms with Crippen molar-refractivity contribution in [2.45, 2.75) is 78.9 Å². The maximum atomic E-state index is 13.4. The molecule has 0 aromatic heterocycles. The highest BCUT2D eigenvalue weighted by molar-refractivity contribution is 9.10. The molecule has 6 heteroatoms. The quantitative estimate of drug-likeness (QED) is 0.399. The average molecular weight is 518 g/mol. The molecule has 1 N–H and O–H groups in total. The fraction of sp³-hybridized carbons (Fsp3) is 0.481. The van der Waals surface area contributed by atoms with Gasteiger partial charge in [0.1, 0.15) is 11.8 Å². The highest BCUT2D eigenvalue weighted by Crippen LogP contribution is 2.29. The van der Waals surface area contributed by atoms with Gasteiger partial charge in [0.25, 0.3) is 5.91 Å². The van der Waals surface area contributed by atoms with Crippen molar-refractivity contribution in [2.24, 2.45) is 0 Å². The molecule has 0 fully saturated rings. The lowest BCUT2D eigenvalue weighted by Gasteiger charge is -2.31. The highest BCUT2D eigenvalue weighted by Gasteiger charge is 2.29. The Hall–Kier alpha value is -2.34. The number of nitrogens with one attached hydrogen (secondary N) is 1. The predicted molar refractivity (Wildman–Crippen MR) is 137 cm³/mol. The zero-order valence-electron chi connectivity index (χ0n) is 20.7. The standard InChI is InChI=1S/C27H37BrN2O3/c1-7-20(6)29-27(32)24(8-2)30(16-21-11-9-10-19(5)14-21)26(31)17-33-25-13-12-22(18(3)4)15-23(25)28/h9-15,18,20,24H,7-8,16-17H2,1-6H3,(H,29,32)/t20-,24+/m0/s1. The molecule has 0 unspecified atom stereocenters. The predicted octanol–water partition coefficient (Wildman–Crippen LogP) is 5.98. The van der Waals surface area contributed by atoms with Crippen LogP contribution in [0.5, 0.6) is 5.75 Å². The van der Waals surface area contributed by atoms with E-state index in [1.165, 1.54) is 5.56 Å². The fourth-order valence-corrected chi connectivity index (χ4v) is 4.09. The third-order valence-corrected chi connectivity index (χ3v) is 6.42. The first-order chi connectivity index (χ1) is 15.7. The lowest BCUT2D eigenvalue weighted by Crippen LogP contribution is -2.51. The summed E-state index contributed by atoms with van der Waals surface area (Å²) >= 11 is 3.55. The lowest BCUT2D eigenvalue weighted by atomic mass is 10.0. The van der Waals surface area contributed by atoms with E-state index in [1.54, 1.807) is 4.90 Å². The van der Waals surface area contributed by atoms with E-state index >= 15 is 0 Å². The van der Waals surface area contributed by atoms with Crippen LogP contribution in [0.4, 0.5) is 0 Å². The Kier molecular flexibility index (Phi) is 10.4. The summed E-state index contributed by atoms with van der Waals surface area (Å²) in [6.07, 6.45) is 1.35. The van der Waals surface area contributed by atoms with Gasteiger partial charge in [0.05, 0.1) is 4.47 Å². The van der Waals surface area contributed by atoms with Crippen molar-refractivity contribution in [3.63, 3.8) is 0 Å². The maximum Gasteiger partial charge on any atom is 0.261 e. The van der Waals surface area contributed by atoms with E-state index in [2.05, 4.69) is 35.1 Å². The number of hydrogen-bond acceptors (Lipinski definition) is 3. The highest BCUT2D eigenvalue weighted by atomic mass is 79.9. The largest absolute Gasteiger partial charge is 0.483 e. The maximum absolute atomic E-state index is 13.4. The van der Waals surface area contributed by atoms with Crippen LogP contribution in [0.15, 0.2) is 46.9 Å². The van der Waals surface area contributed by atoms with Crippen molar-refractivity contribution in [3.05, 3.63) is 63.6 Å². The van der Waals surface area contributed by atoms with Gasteiger partial charge in [-0.1, -0.05) is 63.6 Å². The van der Waals surface area contributed by atoms with Crippen molar-refractivity contribution >= 4 is 27.7 Å². The zero-order chi connectivity index (χ0) is 24.5. The number of nitrogens with zero attached hydrogens (tertiary/aromatic N) is 1. The Morgan fingerprint density at radius 1 is 1.06 bits per heavy atom. The van der Waals surface area contributed by atoms with Gasteiger partial charge in [-0.2, -0.15) is 0 Å². The van der Waals surface area contributed by atoms with E-state index in [9.17, 15) is 9.59 Å². The zero-order valence-corrected chi connectivity index (χ0v) is 22.2. The smallest absolute Gasteiger partial charge is 0.261 e. The number of halogens is 1. The molecule has 0 saturated heterocycles. The molecular weight excluding hydrogens is 480 g/mol. The topological polar surface area (TPSA) is 58.6 Å². The SMILES string of the molecule is CC[C@H](C(=O)N[C@@H](C)CC)N(Cc1cccc(C)c1)C(=O)COc1ccc(C(C)C)cc1Br. The van der Waals surface area contributed by atoms with Gasteiger partial charge in [0, 0.05) is 12.6 Å². The van der Waals surface area contributed by atoms with E-state index < -0.39 is 6.04 Å². The summed E-state index contributed by atoms with van der Waals surface area (Å²) in [6, 6.07) is 13.4. The number of amides is 2. The summed E-state index contributed by atoms with van der Waals surface area (Å²) in [6.45, 7) is 12.4. The Balaban J connectivity index is 2.23. The van der Waals surface area contributed by atoms with Crippen molar-refractivity contribution in [1.82, 2.24) is 10.2 Å². The number of carbonyl (C=O) groups is 2. The van der Waals surface area contributed by atoms with E-state index in [0.717, 1.165) is 22.0 Å². The number of carbonyl (C=O) groups excluding carboxylic acids is 2. The molecule has 0 saturated carbocycles. The molecule has 0 bridgehead atoms.